The number of nitrogens with one attached hydrogen (secondary N) is 1. The lowest BCUT2D eigenvalue weighted by molar-refractivity contribution is -0.385. The third-order valence-electron chi connectivity index (χ3n) is 3.62. The van der Waals surface area contributed by atoms with Gasteiger partial charge >= 0.3 is 0 Å². The second-order valence-corrected chi connectivity index (χ2v) is 5.33. The summed E-state index contributed by atoms with van der Waals surface area (Å²) in [6.45, 7) is 4.86. The third kappa shape index (κ3) is 3.45. The van der Waals surface area contributed by atoms with Gasteiger partial charge < -0.3 is 5.32 Å². The Morgan fingerprint density at radius 3 is 2.52 bits per heavy atom. The van der Waals surface area contributed by atoms with Gasteiger partial charge in [0.1, 0.15) is 6.04 Å². The van der Waals surface area contributed by atoms with E-state index in [0.717, 1.165) is 16.3 Å². The molecule has 1 unspecified atom stereocenters. The van der Waals surface area contributed by atoms with E-state index in [-0.39, 0.29) is 11.3 Å². The zero-order valence-corrected chi connectivity index (χ0v) is 13.1. The van der Waals surface area contributed by atoms with Crippen LogP contribution in [-0.4, -0.2) is 15.4 Å². The molecule has 1 atom stereocenters. The quantitative estimate of drug-likeness (QED) is 0.693. The predicted octanol–water partition coefficient (Wildman–Crippen LogP) is 2.57. The van der Waals surface area contributed by atoms with E-state index in [1.807, 2.05) is 19.1 Å². The van der Waals surface area contributed by atoms with Crippen molar-refractivity contribution < 1.29 is 9.72 Å². The Bertz CT molecular complexity index is 826. The van der Waals surface area contributed by atoms with Gasteiger partial charge in [-0.1, -0.05) is 18.2 Å². The minimum absolute atomic E-state index is 0.217. The topological polar surface area (TPSA) is 94.2 Å². The number of aromatic nitrogens is 1. The smallest absolute Gasteiger partial charge is 0.286 e. The van der Waals surface area contributed by atoms with Crippen molar-refractivity contribution in [1.82, 2.24) is 4.57 Å². The van der Waals surface area contributed by atoms with Gasteiger partial charge in [0, 0.05) is 17.3 Å². The van der Waals surface area contributed by atoms with Gasteiger partial charge in [-0.05, 0) is 32.4 Å². The molecule has 0 radical (unpaired) electrons. The van der Waals surface area contributed by atoms with Crippen LogP contribution in [0.15, 0.2) is 41.3 Å². The van der Waals surface area contributed by atoms with Crippen LogP contribution in [0, 0.1) is 24.0 Å². The fourth-order valence-electron chi connectivity index (χ4n) is 2.19. The van der Waals surface area contributed by atoms with Gasteiger partial charge in [-0.25, -0.2) is 0 Å². The molecule has 0 aliphatic carbocycles. The van der Waals surface area contributed by atoms with E-state index in [1.165, 1.54) is 19.9 Å². The molecular weight excluding hydrogens is 298 g/mol. The maximum Gasteiger partial charge on any atom is 0.286 e. The Morgan fingerprint density at radius 1 is 1.26 bits per heavy atom. The molecule has 0 fully saturated rings. The maximum absolute atomic E-state index is 12.4. The van der Waals surface area contributed by atoms with Crippen LogP contribution in [-0.2, 0) is 4.79 Å². The summed E-state index contributed by atoms with van der Waals surface area (Å²) in [6.07, 6.45) is 1.09. The molecule has 23 heavy (non-hydrogen) atoms. The summed E-state index contributed by atoms with van der Waals surface area (Å²) in [5.74, 6) is -0.415. The molecule has 1 N–H and O–H groups in total. The Morgan fingerprint density at radius 2 is 1.91 bits per heavy atom. The number of nitrogens with zero attached hydrogens (tertiary/aromatic N) is 2. The molecule has 7 nitrogen and oxygen atoms in total. The highest BCUT2D eigenvalue weighted by Crippen LogP contribution is 2.17. The average Bonchev–Trinajstić information content (AvgIpc) is 2.51. The van der Waals surface area contributed by atoms with E-state index in [2.05, 4.69) is 5.32 Å². The number of nitro groups is 1. The Hall–Kier alpha value is -2.96. The lowest BCUT2D eigenvalue weighted by atomic mass is 10.2. The fraction of sp³-hybridized carbons (Fsp3) is 0.250. The van der Waals surface area contributed by atoms with Crippen molar-refractivity contribution in [2.45, 2.75) is 26.8 Å². The number of anilines is 1. The number of hydrogen-bond donors (Lipinski definition) is 1. The standard InChI is InChI=1S/C16H17N3O4/c1-10-6-4-5-7-14(10)17-15(20)12(3)18-9-13(19(22)23)8-11(2)16(18)21/h4-9,12H,1-3H3,(H,17,20). The average molecular weight is 315 g/mol. The number of aryl methyl sites for hydroxylation is 2. The summed E-state index contributed by atoms with van der Waals surface area (Å²) < 4.78 is 1.08. The Balaban J connectivity index is 2.35. The lowest BCUT2D eigenvalue weighted by Crippen LogP contribution is -2.32. The number of amides is 1. The van der Waals surface area contributed by atoms with Crippen LogP contribution < -0.4 is 10.9 Å². The van der Waals surface area contributed by atoms with Crippen LogP contribution in [0.2, 0.25) is 0 Å². The molecular formula is C16H17N3O4. The first-order valence-electron chi connectivity index (χ1n) is 7.05. The van der Waals surface area contributed by atoms with Crippen molar-refractivity contribution in [3.63, 3.8) is 0 Å². The summed E-state index contributed by atoms with van der Waals surface area (Å²) in [6, 6.07) is 7.57. The Kier molecular flexibility index (Phi) is 4.59. The molecule has 0 aliphatic heterocycles. The van der Waals surface area contributed by atoms with E-state index >= 15 is 0 Å². The number of para-hydroxylation sites is 1. The molecule has 0 bridgehead atoms. The van der Waals surface area contributed by atoms with Gasteiger partial charge in [-0.15, -0.1) is 0 Å². The molecule has 1 aromatic carbocycles. The fourth-order valence-corrected chi connectivity index (χ4v) is 2.19. The van der Waals surface area contributed by atoms with Gasteiger partial charge in [-0.2, -0.15) is 0 Å². The number of rotatable bonds is 4. The van der Waals surface area contributed by atoms with Crippen LogP contribution in [0.4, 0.5) is 11.4 Å². The number of carbonyl (C=O) groups is 1. The van der Waals surface area contributed by atoms with Crippen LogP contribution in [0.5, 0.6) is 0 Å². The second kappa shape index (κ2) is 6.43. The summed E-state index contributed by atoms with van der Waals surface area (Å²) in [4.78, 5) is 34.9. The Labute approximate surface area is 132 Å². The monoisotopic (exact) mass is 315 g/mol. The number of benzene rings is 1. The molecule has 0 aliphatic rings. The van der Waals surface area contributed by atoms with E-state index < -0.39 is 22.4 Å². The van der Waals surface area contributed by atoms with Crippen molar-refractivity contribution >= 4 is 17.3 Å². The normalized spacial score (nSPS) is 11.8. The number of pyridine rings is 1. The van der Waals surface area contributed by atoms with Crippen LogP contribution in [0.25, 0.3) is 0 Å². The molecule has 1 amide bonds. The van der Waals surface area contributed by atoms with E-state index in [1.54, 1.807) is 12.1 Å². The number of carbonyl (C=O) groups excluding carboxylic acids is 1. The van der Waals surface area contributed by atoms with Crippen molar-refractivity contribution in [3.05, 3.63) is 68.1 Å². The highest BCUT2D eigenvalue weighted by atomic mass is 16.6. The van der Waals surface area contributed by atoms with Gasteiger partial charge in [0.15, 0.2) is 0 Å². The molecule has 7 heteroatoms. The molecule has 2 rings (SSSR count). The first-order chi connectivity index (χ1) is 10.8. The van der Waals surface area contributed by atoms with Crippen molar-refractivity contribution in [1.29, 1.82) is 0 Å². The van der Waals surface area contributed by atoms with E-state index in [9.17, 15) is 19.7 Å². The molecule has 0 saturated carbocycles. The van der Waals surface area contributed by atoms with Gasteiger partial charge in [0.25, 0.3) is 11.2 Å². The first kappa shape index (κ1) is 16.4. The highest BCUT2D eigenvalue weighted by molar-refractivity contribution is 5.94. The van der Waals surface area contributed by atoms with E-state index in [4.69, 9.17) is 0 Å². The zero-order valence-electron chi connectivity index (χ0n) is 13.1. The summed E-state index contributed by atoms with van der Waals surface area (Å²) in [5.41, 5.74) is 1.09. The van der Waals surface area contributed by atoms with E-state index in [0.29, 0.717) is 5.69 Å². The minimum atomic E-state index is -0.874. The summed E-state index contributed by atoms with van der Waals surface area (Å²) in [5, 5.41) is 13.7. The lowest BCUT2D eigenvalue weighted by Gasteiger charge is -2.16. The third-order valence-corrected chi connectivity index (χ3v) is 3.62. The predicted molar refractivity (Wildman–Crippen MR) is 86.6 cm³/mol. The zero-order chi connectivity index (χ0) is 17.1. The van der Waals surface area contributed by atoms with Crippen LogP contribution in [0.1, 0.15) is 24.1 Å². The second-order valence-electron chi connectivity index (χ2n) is 5.33. The molecule has 1 aromatic heterocycles. The van der Waals surface area contributed by atoms with Crippen molar-refractivity contribution in [2.75, 3.05) is 5.32 Å². The molecule has 2 aromatic rings. The van der Waals surface area contributed by atoms with Crippen LogP contribution in [0.3, 0.4) is 0 Å². The summed E-state index contributed by atoms with van der Waals surface area (Å²) >= 11 is 0. The first-order valence-corrected chi connectivity index (χ1v) is 7.05. The molecule has 0 saturated heterocycles. The van der Waals surface area contributed by atoms with Crippen molar-refractivity contribution in [3.8, 4) is 0 Å². The molecule has 120 valence electrons. The van der Waals surface area contributed by atoms with Gasteiger partial charge in [0.05, 0.1) is 11.1 Å². The highest BCUT2D eigenvalue weighted by Gasteiger charge is 2.20. The summed E-state index contributed by atoms with van der Waals surface area (Å²) in [7, 11) is 0. The molecule has 0 spiro atoms. The van der Waals surface area contributed by atoms with Gasteiger partial charge in [-0.3, -0.25) is 24.3 Å². The number of hydrogen-bond acceptors (Lipinski definition) is 4. The minimum Gasteiger partial charge on any atom is -0.324 e. The largest absolute Gasteiger partial charge is 0.324 e. The maximum atomic E-state index is 12.4. The van der Waals surface area contributed by atoms with Crippen molar-refractivity contribution in [2.24, 2.45) is 0 Å². The van der Waals surface area contributed by atoms with Gasteiger partial charge in [0.2, 0.25) is 5.91 Å². The molecule has 1 heterocycles. The van der Waals surface area contributed by atoms with Crippen LogP contribution >= 0.6 is 0 Å². The SMILES string of the molecule is Cc1ccccc1NC(=O)C(C)n1cc([N+](=O)[O-])cc(C)c1=O.